The van der Waals surface area contributed by atoms with Crippen LogP contribution < -0.4 is 10.2 Å². The molecule has 0 saturated carbocycles. The Hall–Kier alpha value is -2.54. The van der Waals surface area contributed by atoms with Crippen LogP contribution in [0.5, 0.6) is 0 Å². The van der Waals surface area contributed by atoms with Crippen LogP contribution in [0.15, 0.2) is 57.9 Å². The Balaban J connectivity index is 1.45. The zero-order valence-electron chi connectivity index (χ0n) is 18.1. The number of hydrogen-bond acceptors (Lipinski definition) is 7. The zero-order valence-corrected chi connectivity index (χ0v) is 22.1. The van der Waals surface area contributed by atoms with Gasteiger partial charge in [-0.1, -0.05) is 64.2 Å². The van der Waals surface area contributed by atoms with E-state index in [-0.39, 0.29) is 32.8 Å². The van der Waals surface area contributed by atoms with Crippen molar-refractivity contribution in [2.24, 2.45) is 0 Å². The summed E-state index contributed by atoms with van der Waals surface area (Å²) in [6.45, 7) is -0.243. The smallest absolute Gasteiger partial charge is 0.267 e. The largest absolute Gasteiger partial charge is 0.324 e. The van der Waals surface area contributed by atoms with Gasteiger partial charge in [-0.05, 0) is 30.7 Å². The van der Waals surface area contributed by atoms with E-state index >= 15 is 0 Å². The molecule has 0 radical (unpaired) electrons. The number of carbonyl (C=O) groups excluding carboxylic acids is 3. The van der Waals surface area contributed by atoms with E-state index in [0.717, 1.165) is 16.2 Å². The highest BCUT2D eigenvalue weighted by Gasteiger charge is 2.46. The predicted molar refractivity (Wildman–Crippen MR) is 143 cm³/mol. The van der Waals surface area contributed by atoms with Gasteiger partial charge < -0.3 is 5.32 Å². The second-order valence-electron chi connectivity index (χ2n) is 8.27. The number of nitrogens with zero attached hydrogens (tertiary/aromatic N) is 2. The minimum atomic E-state index is -3.23. The molecular weight excluding hydrogens is 574 g/mol. The van der Waals surface area contributed by atoms with Gasteiger partial charge in [-0.25, -0.2) is 8.42 Å². The quantitative estimate of drug-likeness (QED) is 0.430. The first-order valence-corrected chi connectivity index (χ1v) is 14.5. The molecule has 3 aliphatic heterocycles. The van der Waals surface area contributed by atoms with Crippen molar-refractivity contribution >= 4 is 88.7 Å². The lowest BCUT2D eigenvalue weighted by Crippen LogP contribution is -2.39. The average Bonchev–Trinajstić information content (AvgIpc) is 3.39. The Kier molecular flexibility index (Phi) is 6.32. The van der Waals surface area contributed by atoms with Crippen LogP contribution in [-0.2, 0) is 24.2 Å². The van der Waals surface area contributed by atoms with Crippen molar-refractivity contribution in [2.45, 2.75) is 12.5 Å². The van der Waals surface area contributed by atoms with Gasteiger partial charge in [0.2, 0.25) is 5.91 Å². The molecule has 2 fully saturated rings. The van der Waals surface area contributed by atoms with Crippen molar-refractivity contribution < 1.29 is 22.8 Å². The van der Waals surface area contributed by atoms with Crippen molar-refractivity contribution in [3.05, 3.63) is 63.5 Å². The maximum absolute atomic E-state index is 13.5. The third kappa shape index (κ3) is 4.55. The van der Waals surface area contributed by atoms with E-state index in [4.69, 9.17) is 12.2 Å². The molecule has 2 aromatic carbocycles. The van der Waals surface area contributed by atoms with Crippen molar-refractivity contribution in [2.75, 3.05) is 28.3 Å². The minimum Gasteiger partial charge on any atom is -0.324 e. The maximum atomic E-state index is 13.5. The number of hydrogen-bond donors (Lipinski definition) is 1. The van der Waals surface area contributed by atoms with Gasteiger partial charge in [-0.15, -0.1) is 0 Å². The van der Waals surface area contributed by atoms with Crippen LogP contribution in [-0.4, -0.2) is 59.5 Å². The van der Waals surface area contributed by atoms with Crippen LogP contribution >= 0.6 is 39.9 Å². The average molecular weight is 593 g/mol. The molecule has 35 heavy (non-hydrogen) atoms. The molecule has 1 unspecified atom stereocenters. The molecule has 1 atom stereocenters. The van der Waals surface area contributed by atoms with E-state index in [1.807, 2.05) is 6.07 Å². The van der Waals surface area contributed by atoms with Crippen molar-refractivity contribution in [1.29, 1.82) is 0 Å². The highest BCUT2D eigenvalue weighted by Crippen LogP contribution is 2.45. The molecule has 2 aromatic rings. The molecule has 3 heterocycles. The van der Waals surface area contributed by atoms with Crippen molar-refractivity contribution in [3.8, 4) is 0 Å². The number of halogens is 1. The van der Waals surface area contributed by atoms with Crippen molar-refractivity contribution in [1.82, 2.24) is 4.90 Å². The molecule has 2 saturated heterocycles. The van der Waals surface area contributed by atoms with Crippen LogP contribution in [0, 0.1) is 0 Å². The number of rotatable bonds is 4. The van der Waals surface area contributed by atoms with Crippen LogP contribution in [0.25, 0.3) is 5.57 Å². The van der Waals surface area contributed by atoms with E-state index in [2.05, 4.69) is 21.2 Å². The summed E-state index contributed by atoms with van der Waals surface area (Å²) >= 11 is 9.76. The van der Waals surface area contributed by atoms with E-state index in [1.165, 1.54) is 9.80 Å². The number of anilines is 2. The normalized spacial score (nSPS) is 23.2. The van der Waals surface area contributed by atoms with Crippen LogP contribution in [0.4, 0.5) is 11.4 Å². The molecule has 0 aromatic heterocycles. The Morgan fingerprint density at radius 2 is 1.91 bits per heavy atom. The topological polar surface area (TPSA) is 104 Å². The summed E-state index contributed by atoms with van der Waals surface area (Å²) in [5.41, 5.74) is 1.81. The van der Waals surface area contributed by atoms with Crippen LogP contribution in [0.2, 0.25) is 0 Å². The molecule has 0 aliphatic carbocycles. The monoisotopic (exact) mass is 591 g/mol. The Labute approximate surface area is 219 Å². The molecule has 1 N–H and O–H groups in total. The van der Waals surface area contributed by atoms with Gasteiger partial charge in [0.15, 0.2) is 9.84 Å². The molecule has 8 nitrogen and oxygen atoms in total. The Morgan fingerprint density at radius 1 is 1.14 bits per heavy atom. The summed E-state index contributed by atoms with van der Waals surface area (Å²) in [4.78, 5) is 42.5. The number of sulfone groups is 1. The third-order valence-corrected chi connectivity index (χ3v) is 9.58. The Morgan fingerprint density at radius 3 is 2.63 bits per heavy atom. The summed E-state index contributed by atoms with van der Waals surface area (Å²) < 4.78 is 25.0. The van der Waals surface area contributed by atoms with Gasteiger partial charge in [0.1, 0.15) is 10.9 Å². The lowest BCUT2D eigenvalue weighted by Gasteiger charge is -2.21. The van der Waals surface area contributed by atoms with Gasteiger partial charge in [0.05, 0.1) is 33.7 Å². The van der Waals surface area contributed by atoms with Gasteiger partial charge in [0, 0.05) is 15.7 Å². The molecule has 0 spiro atoms. The number of thiocarbonyl (C=S) groups is 1. The predicted octanol–water partition coefficient (Wildman–Crippen LogP) is 3.19. The molecule has 0 bridgehead atoms. The second kappa shape index (κ2) is 9.16. The fraction of sp³-hybridized carbons (Fsp3) is 0.217. The zero-order chi connectivity index (χ0) is 24.9. The molecular formula is C23H18BrN3O5S3. The Bertz CT molecular complexity index is 1440. The van der Waals surface area contributed by atoms with Crippen LogP contribution in [0.3, 0.4) is 0 Å². The minimum absolute atomic E-state index is 0.00324. The summed E-state index contributed by atoms with van der Waals surface area (Å²) in [7, 11) is -3.23. The first-order valence-electron chi connectivity index (χ1n) is 10.6. The molecule has 3 aliphatic rings. The fourth-order valence-electron chi connectivity index (χ4n) is 4.39. The third-order valence-electron chi connectivity index (χ3n) is 5.93. The summed E-state index contributed by atoms with van der Waals surface area (Å²) in [6.07, 6.45) is 0.309. The van der Waals surface area contributed by atoms with Gasteiger partial charge >= 0.3 is 0 Å². The van der Waals surface area contributed by atoms with Gasteiger partial charge in [0.25, 0.3) is 11.8 Å². The molecule has 12 heteroatoms. The number of amides is 3. The van der Waals surface area contributed by atoms with Gasteiger partial charge in [-0.3, -0.25) is 24.2 Å². The maximum Gasteiger partial charge on any atom is 0.267 e. The molecule has 3 amide bonds. The lowest BCUT2D eigenvalue weighted by molar-refractivity contribution is -0.123. The number of fused-ring (bicyclic) bond motifs is 1. The number of benzene rings is 2. The van der Waals surface area contributed by atoms with Crippen LogP contribution in [0.1, 0.15) is 12.0 Å². The lowest BCUT2D eigenvalue weighted by atomic mass is 10.1. The number of thioether (sulfide) groups is 1. The van der Waals surface area contributed by atoms with E-state index in [0.29, 0.717) is 23.4 Å². The van der Waals surface area contributed by atoms with E-state index in [9.17, 15) is 22.8 Å². The SMILES string of the molecule is O=C(CN1C(=O)/C(=C2\SC(=S)N(C3CCS(=O)(=O)C3)C2=O)c2ccccc21)Nc1cccc(Br)c1. The van der Waals surface area contributed by atoms with E-state index in [1.54, 1.807) is 42.5 Å². The first-order chi connectivity index (χ1) is 16.6. The van der Waals surface area contributed by atoms with Gasteiger partial charge in [-0.2, -0.15) is 0 Å². The number of nitrogens with one attached hydrogen (secondary N) is 1. The highest BCUT2D eigenvalue weighted by molar-refractivity contribution is 9.10. The number of para-hydroxylation sites is 1. The highest BCUT2D eigenvalue weighted by atomic mass is 79.9. The first kappa shape index (κ1) is 24.2. The summed E-state index contributed by atoms with van der Waals surface area (Å²) in [5, 5.41) is 2.78. The molecule has 5 rings (SSSR count). The van der Waals surface area contributed by atoms with Crippen molar-refractivity contribution in [3.63, 3.8) is 0 Å². The summed E-state index contributed by atoms with van der Waals surface area (Å²) in [5.74, 6) is -1.48. The second-order valence-corrected chi connectivity index (χ2v) is 13.1. The molecule has 180 valence electrons. The fourth-order valence-corrected chi connectivity index (χ4v) is 7.96. The standard InChI is InChI=1S/C23H18BrN3O5S3/c24-13-4-3-5-14(10-13)25-18(28)11-26-17-7-2-1-6-16(17)19(21(26)29)20-22(30)27(23(33)34-20)15-8-9-35(31,32)12-15/h1-7,10,15H,8-9,11-12H2,(H,25,28)/b20-19-. The number of carbonyl (C=O) groups is 3. The summed E-state index contributed by atoms with van der Waals surface area (Å²) in [6, 6.07) is 13.5. The van der Waals surface area contributed by atoms with E-state index < -0.39 is 33.6 Å².